The predicted molar refractivity (Wildman–Crippen MR) is 73.5 cm³/mol. The van der Waals surface area contributed by atoms with Crippen molar-refractivity contribution in [2.24, 2.45) is 0 Å². The van der Waals surface area contributed by atoms with Gasteiger partial charge in [-0.2, -0.15) is 0 Å². The van der Waals surface area contributed by atoms with Gasteiger partial charge in [-0.25, -0.2) is 0 Å². The molecule has 0 spiro atoms. The molecule has 0 heterocycles. The number of benzene rings is 2. The van der Waals surface area contributed by atoms with Crippen molar-refractivity contribution in [3.8, 4) is 0 Å². The third-order valence-electron chi connectivity index (χ3n) is 3.16. The highest BCUT2D eigenvalue weighted by atomic mass is 16.3. The van der Waals surface area contributed by atoms with E-state index in [9.17, 15) is 5.11 Å². The van der Waals surface area contributed by atoms with E-state index in [0.29, 0.717) is 6.54 Å². The van der Waals surface area contributed by atoms with Gasteiger partial charge in [0.15, 0.2) is 0 Å². The lowest BCUT2D eigenvalue weighted by molar-refractivity contribution is 0.0924. The van der Waals surface area contributed by atoms with Crippen LogP contribution in [0.4, 0.5) is 0 Å². The summed E-state index contributed by atoms with van der Waals surface area (Å²) in [6, 6.07) is 14.6. The van der Waals surface area contributed by atoms with E-state index in [0.717, 1.165) is 0 Å². The largest absolute Gasteiger partial charge is 0.394 e. The van der Waals surface area contributed by atoms with E-state index in [-0.39, 0.29) is 12.6 Å². The van der Waals surface area contributed by atoms with Crippen LogP contribution in [0.25, 0.3) is 10.8 Å². The van der Waals surface area contributed by atoms with Crippen molar-refractivity contribution in [3.63, 3.8) is 0 Å². The molecule has 2 atom stereocenters. The Balaban J connectivity index is 2.19. The fourth-order valence-corrected chi connectivity index (χ4v) is 2.12. The molecule has 0 aliphatic heterocycles. The molecule has 2 aromatic carbocycles. The zero-order valence-corrected chi connectivity index (χ0v) is 10.5. The minimum absolute atomic E-state index is 0.136. The average Bonchev–Trinajstić information content (AvgIpc) is 2.43. The van der Waals surface area contributed by atoms with E-state index in [1.54, 1.807) is 0 Å². The summed E-state index contributed by atoms with van der Waals surface area (Å²) in [7, 11) is 0. The van der Waals surface area contributed by atoms with Gasteiger partial charge in [-0.15, -0.1) is 0 Å². The molecule has 0 saturated carbocycles. The molecular weight excluding hydrogens is 226 g/mol. The second-order valence-electron chi connectivity index (χ2n) is 4.53. The zero-order chi connectivity index (χ0) is 13.0. The average molecular weight is 245 g/mol. The van der Waals surface area contributed by atoms with Gasteiger partial charge in [0, 0.05) is 12.6 Å². The quantitative estimate of drug-likeness (QED) is 0.753. The fraction of sp³-hybridized carbons (Fsp3) is 0.333. The summed E-state index contributed by atoms with van der Waals surface area (Å²) in [6.07, 6.45) is -0.706. The van der Waals surface area contributed by atoms with Crippen LogP contribution in [0.15, 0.2) is 42.5 Å². The molecule has 0 fully saturated rings. The number of nitrogens with one attached hydrogen (secondary N) is 1. The molecule has 0 aliphatic rings. The number of rotatable bonds is 5. The molecule has 0 amide bonds. The van der Waals surface area contributed by atoms with Gasteiger partial charge < -0.3 is 15.5 Å². The third-order valence-corrected chi connectivity index (χ3v) is 3.16. The highest BCUT2D eigenvalue weighted by Gasteiger charge is 2.10. The maximum atomic E-state index is 9.35. The second kappa shape index (κ2) is 5.96. The van der Waals surface area contributed by atoms with Gasteiger partial charge in [0.1, 0.15) is 0 Å². The van der Waals surface area contributed by atoms with Gasteiger partial charge in [-0.05, 0) is 23.3 Å². The Morgan fingerprint density at radius 1 is 1.11 bits per heavy atom. The first-order valence-electron chi connectivity index (χ1n) is 6.22. The first-order chi connectivity index (χ1) is 8.72. The molecule has 0 aromatic heterocycles. The maximum Gasteiger partial charge on any atom is 0.0895 e. The monoisotopic (exact) mass is 245 g/mol. The van der Waals surface area contributed by atoms with E-state index in [1.807, 2.05) is 18.2 Å². The van der Waals surface area contributed by atoms with Crippen LogP contribution >= 0.6 is 0 Å². The lowest BCUT2D eigenvalue weighted by atomic mass is 9.99. The summed E-state index contributed by atoms with van der Waals surface area (Å²) >= 11 is 0. The summed E-state index contributed by atoms with van der Waals surface area (Å²) in [4.78, 5) is 0. The van der Waals surface area contributed by atoms with Gasteiger partial charge in [0.05, 0.1) is 12.7 Å². The molecule has 18 heavy (non-hydrogen) atoms. The molecule has 0 bridgehead atoms. The molecule has 3 N–H and O–H groups in total. The fourth-order valence-electron chi connectivity index (χ4n) is 2.12. The molecular formula is C15H19NO2. The third kappa shape index (κ3) is 2.88. The Hall–Kier alpha value is -1.42. The van der Waals surface area contributed by atoms with Crippen molar-refractivity contribution in [3.05, 3.63) is 48.0 Å². The van der Waals surface area contributed by atoms with Crippen LogP contribution in [0.2, 0.25) is 0 Å². The molecule has 0 aliphatic carbocycles. The van der Waals surface area contributed by atoms with Crippen molar-refractivity contribution in [1.82, 2.24) is 5.32 Å². The van der Waals surface area contributed by atoms with Crippen LogP contribution < -0.4 is 5.32 Å². The summed E-state index contributed by atoms with van der Waals surface area (Å²) < 4.78 is 0. The van der Waals surface area contributed by atoms with Crippen LogP contribution in [0.3, 0.4) is 0 Å². The van der Waals surface area contributed by atoms with E-state index < -0.39 is 6.10 Å². The molecule has 0 radical (unpaired) electrons. The summed E-state index contributed by atoms with van der Waals surface area (Å²) in [5.74, 6) is 0. The Kier molecular flexibility index (Phi) is 4.31. The number of aliphatic hydroxyl groups is 2. The first-order valence-corrected chi connectivity index (χ1v) is 6.22. The smallest absolute Gasteiger partial charge is 0.0895 e. The lowest BCUT2D eigenvalue weighted by Gasteiger charge is -2.18. The minimum Gasteiger partial charge on any atom is -0.394 e. The van der Waals surface area contributed by atoms with Crippen LogP contribution in [0.5, 0.6) is 0 Å². The lowest BCUT2D eigenvalue weighted by Crippen LogP contribution is -2.31. The van der Waals surface area contributed by atoms with Crippen molar-refractivity contribution in [2.45, 2.75) is 19.1 Å². The number of hydrogen-bond acceptors (Lipinski definition) is 3. The van der Waals surface area contributed by atoms with Gasteiger partial charge in [-0.1, -0.05) is 42.5 Å². The molecule has 2 unspecified atom stereocenters. The molecule has 3 heteroatoms. The van der Waals surface area contributed by atoms with E-state index in [1.165, 1.54) is 16.3 Å². The van der Waals surface area contributed by atoms with Crippen molar-refractivity contribution in [1.29, 1.82) is 0 Å². The Morgan fingerprint density at radius 3 is 2.61 bits per heavy atom. The molecule has 2 aromatic rings. The minimum atomic E-state index is -0.706. The van der Waals surface area contributed by atoms with Crippen molar-refractivity contribution in [2.75, 3.05) is 13.2 Å². The van der Waals surface area contributed by atoms with E-state index in [4.69, 9.17) is 5.11 Å². The topological polar surface area (TPSA) is 52.5 Å². The Labute approximate surface area is 107 Å². The van der Waals surface area contributed by atoms with Gasteiger partial charge in [0.25, 0.3) is 0 Å². The van der Waals surface area contributed by atoms with Crippen LogP contribution in [0.1, 0.15) is 18.5 Å². The highest BCUT2D eigenvalue weighted by molar-refractivity contribution is 5.86. The zero-order valence-electron chi connectivity index (χ0n) is 10.5. The van der Waals surface area contributed by atoms with Crippen molar-refractivity contribution < 1.29 is 10.2 Å². The number of hydrogen-bond donors (Lipinski definition) is 3. The molecule has 0 saturated heterocycles. The Bertz CT molecular complexity index is 507. The van der Waals surface area contributed by atoms with Crippen LogP contribution in [-0.4, -0.2) is 29.5 Å². The molecule has 96 valence electrons. The summed E-state index contributed by atoms with van der Waals surface area (Å²) in [6.45, 7) is 2.24. The van der Waals surface area contributed by atoms with E-state index >= 15 is 0 Å². The Morgan fingerprint density at radius 2 is 1.83 bits per heavy atom. The maximum absolute atomic E-state index is 9.35. The summed E-state index contributed by atoms with van der Waals surface area (Å²) in [5, 5.41) is 23.8. The van der Waals surface area contributed by atoms with Crippen LogP contribution in [-0.2, 0) is 0 Å². The van der Waals surface area contributed by atoms with Crippen molar-refractivity contribution >= 4 is 10.8 Å². The van der Waals surface area contributed by atoms with Crippen LogP contribution in [0, 0.1) is 0 Å². The van der Waals surface area contributed by atoms with E-state index in [2.05, 4.69) is 36.5 Å². The number of aliphatic hydroxyl groups excluding tert-OH is 2. The van der Waals surface area contributed by atoms with Gasteiger partial charge in [0.2, 0.25) is 0 Å². The van der Waals surface area contributed by atoms with Gasteiger partial charge >= 0.3 is 0 Å². The molecule has 3 nitrogen and oxygen atoms in total. The first kappa shape index (κ1) is 13.0. The normalized spacial score (nSPS) is 14.6. The molecule has 2 rings (SSSR count). The number of fused-ring (bicyclic) bond motifs is 1. The van der Waals surface area contributed by atoms with Gasteiger partial charge in [-0.3, -0.25) is 0 Å². The highest BCUT2D eigenvalue weighted by Crippen LogP contribution is 2.23. The summed E-state index contributed by atoms with van der Waals surface area (Å²) in [5.41, 5.74) is 1.21. The second-order valence-corrected chi connectivity index (χ2v) is 4.53. The predicted octanol–water partition coefficient (Wildman–Crippen LogP) is 1.84. The standard InChI is InChI=1S/C15H19NO2/c1-11(16-9-13(18)10-17)14-8-4-6-12-5-2-3-7-15(12)14/h2-8,11,13,16-18H,9-10H2,1H3. The SMILES string of the molecule is CC(NCC(O)CO)c1cccc2ccccc12.